The van der Waals surface area contributed by atoms with E-state index in [0.717, 1.165) is 0 Å². The van der Waals surface area contributed by atoms with E-state index < -0.39 is 24.4 Å². The second-order valence-electron chi connectivity index (χ2n) is 5.33. The lowest BCUT2D eigenvalue weighted by atomic mass is 9.80. The number of halogens is 1. The number of hydrogen-bond donors (Lipinski definition) is 3. The number of aliphatic hydroxyl groups excluding tert-OH is 1. The number of pyridine rings is 1. The van der Waals surface area contributed by atoms with Crippen LogP contribution in [0.2, 0.25) is 5.15 Å². The van der Waals surface area contributed by atoms with Crippen LogP contribution in [0.3, 0.4) is 0 Å². The number of rotatable bonds is 5. The second-order valence-corrected chi connectivity index (χ2v) is 5.69. The van der Waals surface area contributed by atoms with Crippen LogP contribution in [-0.2, 0) is 14.3 Å². The van der Waals surface area contributed by atoms with Crippen molar-refractivity contribution in [1.29, 1.82) is 0 Å². The van der Waals surface area contributed by atoms with Crippen molar-refractivity contribution in [2.24, 2.45) is 0 Å². The molecular formula is C17H20ClN3O4. The molecule has 0 spiro atoms. The molecule has 0 fully saturated rings. The molecule has 2 heterocycles. The molecule has 25 heavy (non-hydrogen) atoms. The van der Waals surface area contributed by atoms with Crippen molar-refractivity contribution in [3.05, 3.63) is 51.6 Å². The molecule has 0 saturated carbocycles. The van der Waals surface area contributed by atoms with Crippen LogP contribution in [0, 0.1) is 0 Å². The number of ether oxygens (including phenoxy) is 1. The van der Waals surface area contributed by atoms with Gasteiger partial charge in [-0.2, -0.15) is 0 Å². The van der Waals surface area contributed by atoms with Crippen LogP contribution >= 0.6 is 11.6 Å². The maximum absolute atomic E-state index is 12.6. The van der Waals surface area contributed by atoms with E-state index in [9.17, 15) is 14.7 Å². The predicted octanol–water partition coefficient (Wildman–Crippen LogP) is 1.25. The van der Waals surface area contributed by atoms with E-state index in [0.29, 0.717) is 17.0 Å². The zero-order valence-corrected chi connectivity index (χ0v) is 15.0. The van der Waals surface area contributed by atoms with Crippen LogP contribution in [0.4, 0.5) is 0 Å². The number of likely N-dealkylation sites (N-methyl/N-ethyl adjacent to an activating group) is 1. The Bertz CT molecular complexity index is 758. The number of carbonyl (C=O) groups excluding carboxylic acids is 2. The molecule has 0 radical (unpaired) electrons. The third kappa shape index (κ3) is 3.67. The predicted molar refractivity (Wildman–Crippen MR) is 92.6 cm³/mol. The smallest absolute Gasteiger partial charge is 0.336 e. The van der Waals surface area contributed by atoms with E-state index in [-0.39, 0.29) is 22.9 Å². The first-order chi connectivity index (χ1) is 12.0. The largest absolute Gasteiger partial charge is 0.463 e. The maximum atomic E-state index is 12.6. The summed E-state index contributed by atoms with van der Waals surface area (Å²) >= 11 is 6.23. The average molecular weight is 366 g/mol. The van der Waals surface area contributed by atoms with Crippen molar-refractivity contribution in [1.82, 2.24) is 15.6 Å². The fourth-order valence-corrected chi connectivity index (χ4v) is 3.06. The van der Waals surface area contributed by atoms with Gasteiger partial charge < -0.3 is 20.5 Å². The molecule has 1 aromatic heterocycles. The number of aromatic nitrogens is 1. The number of aliphatic hydroxyl groups is 1. The van der Waals surface area contributed by atoms with E-state index in [1.54, 1.807) is 26.0 Å². The van der Waals surface area contributed by atoms with Crippen LogP contribution in [0.5, 0.6) is 0 Å². The molecule has 1 aliphatic heterocycles. The summed E-state index contributed by atoms with van der Waals surface area (Å²) in [5, 5.41) is 15.3. The minimum Gasteiger partial charge on any atom is -0.463 e. The molecule has 1 aromatic rings. The Labute approximate surface area is 150 Å². The molecule has 1 aliphatic rings. The number of nitrogens with zero attached hydrogens (tertiary/aromatic N) is 1. The van der Waals surface area contributed by atoms with Crippen molar-refractivity contribution in [2.45, 2.75) is 19.8 Å². The molecular weight excluding hydrogens is 346 g/mol. The Morgan fingerprint density at radius 2 is 2.16 bits per heavy atom. The minimum atomic E-state index is -0.802. The fourth-order valence-electron chi connectivity index (χ4n) is 2.83. The Kier molecular flexibility index (Phi) is 6.17. The van der Waals surface area contributed by atoms with Gasteiger partial charge in [-0.25, -0.2) is 9.78 Å². The highest BCUT2D eigenvalue weighted by atomic mass is 35.5. The van der Waals surface area contributed by atoms with Crippen molar-refractivity contribution in [2.75, 3.05) is 20.3 Å². The lowest BCUT2D eigenvalue weighted by Crippen LogP contribution is -2.37. The summed E-state index contributed by atoms with van der Waals surface area (Å²) < 4.78 is 5.16. The normalized spacial score (nSPS) is 17.2. The van der Waals surface area contributed by atoms with Gasteiger partial charge in [0.2, 0.25) is 5.91 Å². The first-order valence-corrected chi connectivity index (χ1v) is 8.15. The summed E-state index contributed by atoms with van der Waals surface area (Å²) in [6.45, 7) is 3.17. The topological polar surface area (TPSA) is 101 Å². The average Bonchev–Trinajstić information content (AvgIpc) is 2.60. The van der Waals surface area contributed by atoms with Gasteiger partial charge in [0.25, 0.3) is 0 Å². The van der Waals surface area contributed by atoms with Crippen molar-refractivity contribution >= 4 is 23.5 Å². The third-order valence-electron chi connectivity index (χ3n) is 3.87. The van der Waals surface area contributed by atoms with Gasteiger partial charge in [0, 0.05) is 24.5 Å². The van der Waals surface area contributed by atoms with Gasteiger partial charge in [-0.1, -0.05) is 17.7 Å². The Morgan fingerprint density at radius 1 is 1.44 bits per heavy atom. The number of amides is 1. The number of hydrogen-bond acceptors (Lipinski definition) is 6. The molecule has 0 saturated heterocycles. The number of allylic oxidation sites excluding steroid dienone is 1. The summed E-state index contributed by atoms with van der Waals surface area (Å²) in [4.78, 5) is 29.1. The highest BCUT2D eigenvalue weighted by Gasteiger charge is 2.38. The van der Waals surface area contributed by atoms with Crippen LogP contribution in [0.25, 0.3) is 0 Å². The van der Waals surface area contributed by atoms with E-state index in [1.807, 2.05) is 0 Å². The fraction of sp³-hybridized carbons (Fsp3) is 0.353. The zero-order chi connectivity index (χ0) is 18.6. The van der Waals surface area contributed by atoms with Gasteiger partial charge in [0.1, 0.15) is 5.15 Å². The lowest BCUT2D eigenvalue weighted by Gasteiger charge is -2.31. The second kappa shape index (κ2) is 8.13. The zero-order valence-electron chi connectivity index (χ0n) is 14.2. The lowest BCUT2D eigenvalue weighted by molar-refractivity contribution is -0.138. The highest BCUT2D eigenvalue weighted by molar-refractivity contribution is 6.30. The van der Waals surface area contributed by atoms with Crippen molar-refractivity contribution in [3.8, 4) is 0 Å². The van der Waals surface area contributed by atoms with E-state index >= 15 is 0 Å². The monoisotopic (exact) mass is 365 g/mol. The Morgan fingerprint density at radius 3 is 2.72 bits per heavy atom. The van der Waals surface area contributed by atoms with Crippen LogP contribution in [0.1, 0.15) is 25.3 Å². The molecule has 0 bridgehead atoms. The first-order valence-electron chi connectivity index (χ1n) is 7.77. The van der Waals surface area contributed by atoms with Crippen LogP contribution in [0.15, 0.2) is 40.9 Å². The van der Waals surface area contributed by atoms with Gasteiger partial charge >= 0.3 is 5.97 Å². The van der Waals surface area contributed by atoms with Gasteiger partial charge in [-0.3, -0.25) is 4.79 Å². The Balaban J connectivity index is 2.73. The number of nitrogens with one attached hydrogen (secondary N) is 2. The van der Waals surface area contributed by atoms with Gasteiger partial charge in [0.05, 0.1) is 36.0 Å². The molecule has 2 rings (SSSR count). The number of dihydropyridines is 1. The quantitative estimate of drug-likeness (QED) is 0.536. The maximum Gasteiger partial charge on any atom is 0.336 e. The van der Waals surface area contributed by atoms with E-state index in [2.05, 4.69) is 15.6 Å². The van der Waals surface area contributed by atoms with Gasteiger partial charge in [-0.15, -0.1) is 0 Å². The van der Waals surface area contributed by atoms with Crippen molar-refractivity contribution < 1.29 is 19.4 Å². The van der Waals surface area contributed by atoms with Crippen LogP contribution < -0.4 is 10.6 Å². The van der Waals surface area contributed by atoms with Crippen LogP contribution in [-0.4, -0.2) is 42.2 Å². The molecule has 134 valence electrons. The minimum absolute atomic E-state index is 0.169. The molecule has 0 aromatic carbocycles. The summed E-state index contributed by atoms with van der Waals surface area (Å²) in [5.41, 5.74) is 1.73. The molecule has 3 N–H and O–H groups in total. The van der Waals surface area contributed by atoms with E-state index in [4.69, 9.17) is 16.3 Å². The molecule has 8 heteroatoms. The van der Waals surface area contributed by atoms with E-state index in [1.165, 1.54) is 13.2 Å². The molecule has 1 atom stereocenters. The first kappa shape index (κ1) is 19.0. The summed E-state index contributed by atoms with van der Waals surface area (Å²) in [6, 6.07) is 3.36. The molecule has 7 nitrogen and oxygen atoms in total. The van der Waals surface area contributed by atoms with Gasteiger partial charge in [0.15, 0.2) is 0 Å². The number of carbonyl (C=O) groups is 2. The SMILES string of the molecule is CCOC(=O)C1=C(C)NC(CO)=C(C(=O)NC)C1c1cccnc1Cl. The third-order valence-corrected chi connectivity index (χ3v) is 4.18. The molecule has 1 amide bonds. The number of esters is 1. The summed E-state index contributed by atoms with van der Waals surface area (Å²) in [5.74, 6) is -1.80. The standard InChI is InChI=1S/C17H20ClN3O4/c1-4-25-17(24)12-9(2)21-11(8-22)14(16(23)19-3)13(12)10-6-5-7-20-15(10)18/h5-7,13,21-22H,4,8H2,1-3H3,(H,19,23). The van der Waals surface area contributed by atoms with Gasteiger partial charge in [-0.05, 0) is 19.9 Å². The Hall–Kier alpha value is -2.38. The molecule has 1 unspecified atom stereocenters. The summed E-state index contributed by atoms with van der Waals surface area (Å²) in [6.07, 6.45) is 1.52. The summed E-state index contributed by atoms with van der Waals surface area (Å²) in [7, 11) is 1.47. The molecule has 0 aliphatic carbocycles. The van der Waals surface area contributed by atoms with Crippen molar-refractivity contribution in [3.63, 3.8) is 0 Å². The highest BCUT2D eigenvalue weighted by Crippen LogP contribution is 2.40.